The molecule has 0 fully saturated rings. The molecule has 2 nitrogen and oxygen atoms in total. The van der Waals surface area contributed by atoms with Crippen molar-refractivity contribution in [1.82, 2.24) is 4.90 Å². The van der Waals surface area contributed by atoms with E-state index in [0.29, 0.717) is 11.8 Å². The first-order chi connectivity index (χ1) is 10.5. The number of hydrogen-bond donors (Lipinski definition) is 0. The van der Waals surface area contributed by atoms with Crippen LogP contribution in [0, 0.1) is 24.2 Å². The minimum Gasteiger partial charge on any atom is -0.381 e. The molecule has 0 heterocycles. The quantitative estimate of drug-likeness (QED) is 0.383. The van der Waals surface area contributed by atoms with E-state index < -0.39 is 0 Å². The standard InChI is InChI=1S/C18H33O.C3H9N/c1-8-10-17(16(9-2)13-15(3)4)14-19-12-11-18(5,6)7;1-4(2)3/h15,17H,2,5,8,10-14H2,1,3-4,6-7H3;1-3H3. The fraction of sp³-hybridized carbons (Fsp3) is 0.810. The highest BCUT2D eigenvalue weighted by Crippen LogP contribution is 2.24. The molecule has 0 bridgehead atoms. The zero-order valence-electron chi connectivity index (χ0n) is 17.2. The molecule has 0 spiro atoms. The van der Waals surface area contributed by atoms with E-state index in [-0.39, 0.29) is 5.41 Å². The molecule has 0 N–H and O–H groups in total. The van der Waals surface area contributed by atoms with Crippen molar-refractivity contribution in [2.24, 2.45) is 17.3 Å². The Morgan fingerprint density at radius 2 is 1.74 bits per heavy atom. The van der Waals surface area contributed by atoms with Crippen LogP contribution in [-0.2, 0) is 4.74 Å². The van der Waals surface area contributed by atoms with Crippen LogP contribution in [0.15, 0.2) is 17.9 Å². The molecule has 23 heavy (non-hydrogen) atoms. The molecule has 1 atom stereocenters. The molecule has 0 aromatic heterocycles. The van der Waals surface area contributed by atoms with Gasteiger partial charge in [0.2, 0.25) is 0 Å². The van der Waals surface area contributed by atoms with Gasteiger partial charge in [0.15, 0.2) is 0 Å². The van der Waals surface area contributed by atoms with Crippen LogP contribution < -0.4 is 0 Å². The summed E-state index contributed by atoms with van der Waals surface area (Å²) in [6.45, 7) is 20.6. The second-order valence-corrected chi connectivity index (χ2v) is 8.12. The lowest BCUT2D eigenvalue weighted by atomic mass is 9.89. The van der Waals surface area contributed by atoms with Crippen LogP contribution in [0.5, 0.6) is 0 Å². The molecule has 137 valence electrons. The van der Waals surface area contributed by atoms with Gasteiger partial charge in [0, 0.05) is 12.5 Å². The molecular formula is C21H42NO. The Kier molecular flexibility index (Phi) is 14.9. The van der Waals surface area contributed by atoms with E-state index in [1.807, 2.05) is 26.0 Å². The Morgan fingerprint density at radius 3 is 2.09 bits per heavy atom. The van der Waals surface area contributed by atoms with Gasteiger partial charge < -0.3 is 9.64 Å². The summed E-state index contributed by atoms with van der Waals surface area (Å²) in [7, 11) is 6.00. The van der Waals surface area contributed by atoms with Crippen molar-refractivity contribution in [3.8, 4) is 0 Å². The van der Waals surface area contributed by atoms with Gasteiger partial charge in [-0.1, -0.05) is 47.6 Å². The number of nitrogens with zero attached hydrogens (tertiary/aromatic N) is 1. The maximum absolute atomic E-state index is 5.86. The lowest BCUT2D eigenvalue weighted by Gasteiger charge is -2.22. The topological polar surface area (TPSA) is 12.5 Å². The highest BCUT2D eigenvalue weighted by Gasteiger charge is 2.16. The van der Waals surface area contributed by atoms with Crippen molar-refractivity contribution in [3.05, 3.63) is 24.8 Å². The van der Waals surface area contributed by atoms with Crippen molar-refractivity contribution in [2.45, 2.75) is 60.3 Å². The number of ether oxygens (including phenoxy) is 1. The Morgan fingerprint density at radius 1 is 1.22 bits per heavy atom. The molecule has 1 radical (unpaired) electrons. The van der Waals surface area contributed by atoms with E-state index in [0.717, 1.165) is 26.1 Å². The van der Waals surface area contributed by atoms with Crippen molar-refractivity contribution >= 4 is 0 Å². The van der Waals surface area contributed by atoms with E-state index in [2.05, 4.69) is 53.9 Å². The van der Waals surface area contributed by atoms with Gasteiger partial charge in [-0.25, -0.2) is 0 Å². The minimum absolute atomic E-state index is 0.106. The van der Waals surface area contributed by atoms with E-state index in [1.54, 1.807) is 0 Å². The van der Waals surface area contributed by atoms with Crippen LogP contribution in [0.1, 0.15) is 60.3 Å². The third-order valence-corrected chi connectivity index (χ3v) is 3.23. The van der Waals surface area contributed by atoms with Crippen molar-refractivity contribution < 1.29 is 4.74 Å². The summed E-state index contributed by atoms with van der Waals surface area (Å²) in [5.74, 6) is 1.14. The van der Waals surface area contributed by atoms with Gasteiger partial charge in [0.05, 0.1) is 6.61 Å². The predicted octanol–water partition coefficient (Wildman–Crippen LogP) is 5.60. The Bertz CT molecular complexity index is 316. The van der Waals surface area contributed by atoms with Crippen molar-refractivity contribution in [3.63, 3.8) is 0 Å². The first-order valence-electron chi connectivity index (χ1n) is 8.96. The predicted molar refractivity (Wildman–Crippen MR) is 105 cm³/mol. The Labute approximate surface area is 147 Å². The second kappa shape index (κ2) is 13.8. The van der Waals surface area contributed by atoms with E-state index in [1.165, 1.54) is 18.4 Å². The average Bonchev–Trinajstić information content (AvgIpc) is 2.37. The third-order valence-electron chi connectivity index (χ3n) is 3.23. The SMILES string of the molecule is CN(C)C.[CH2]C(C)(C)CCOCC(CCC)C(=C=C)CC(C)C. The highest BCUT2D eigenvalue weighted by molar-refractivity contribution is 5.05. The van der Waals surface area contributed by atoms with Crippen LogP contribution in [0.4, 0.5) is 0 Å². The summed E-state index contributed by atoms with van der Waals surface area (Å²) in [4.78, 5) is 2.00. The molecular weight excluding hydrogens is 282 g/mol. The van der Waals surface area contributed by atoms with Gasteiger partial charge in [0.25, 0.3) is 0 Å². The van der Waals surface area contributed by atoms with Gasteiger partial charge in [-0.2, -0.15) is 0 Å². The zero-order valence-corrected chi connectivity index (χ0v) is 17.2. The van der Waals surface area contributed by atoms with Gasteiger partial charge >= 0.3 is 0 Å². The fourth-order valence-electron chi connectivity index (χ4n) is 2.10. The first-order valence-corrected chi connectivity index (χ1v) is 8.96. The largest absolute Gasteiger partial charge is 0.381 e. The molecule has 0 amide bonds. The maximum atomic E-state index is 5.86. The molecule has 0 rings (SSSR count). The summed E-state index contributed by atoms with van der Waals surface area (Å²) in [6, 6.07) is 0. The van der Waals surface area contributed by atoms with Crippen LogP contribution in [0.2, 0.25) is 0 Å². The monoisotopic (exact) mass is 324 g/mol. The van der Waals surface area contributed by atoms with Crippen LogP contribution >= 0.6 is 0 Å². The van der Waals surface area contributed by atoms with Crippen LogP contribution in [0.25, 0.3) is 0 Å². The molecule has 0 aliphatic rings. The lowest BCUT2D eigenvalue weighted by molar-refractivity contribution is 0.0884. The number of hydrogen-bond acceptors (Lipinski definition) is 2. The molecule has 0 aliphatic carbocycles. The average molecular weight is 325 g/mol. The molecule has 0 aromatic rings. The van der Waals surface area contributed by atoms with Gasteiger partial charge in [-0.05, 0) is 64.2 Å². The summed E-state index contributed by atoms with van der Waals surface area (Å²) < 4.78 is 5.86. The van der Waals surface area contributed by atoms with Gasteiger partial charge in [0.1, 0.15) is 0 Å². The van der Waals surface area contributed by atoms with Crippen molar-refractivity contribution in [1.29, 1.82) is 0 Å². The summed E-state index contributed by atoms with van der Waals surface area (Å²) in [5.41, 5.74) is 4.59. The molecule has 1 unspecified atom stereocenters. The molecule has 0 saturated heterocycles. The smallest absolute Gasteiger partial charge is 0.0537 e. The zero-order chi connectivity index (χ0) is 18.5. The van der Waals surface area contributed by atoms with Crippen molar-refractivity contribution in [2.75, 3.05) is 34.4 Å². The van der Waals surface area contributed by atoms with E-state index in [9.17, 15) is 0 Å². The maximum Gasteiger partial charge on any atom is 0.0537 e. The Hall–Kier alpha value is -0.560. The van der Waals surface area contributed by atoms with Gasteiger partial charge in [-0.15, -0.1) is 5.73 Å². The Balaban J connectivity index is 0. The second-order valence-electron chi connectivity index (χ2n) is 8.12. The summed E-state index contributed by atoms with van der Waals surface area (Å²) in [5, 5.41) is 0. The third kappa shape index (κ3) is 19.4. The lowest BCUT2D eigenvalue weighted by Crippen LogP contribution is -2.16. The number of rotatable bonds is 10. The molecule has 0 aromatic carbocycles. The minimum atomic E-state index is 0.106. The molecule has 0 aliphatic heterocycles. The van der Waals surface area contributed by atoms with Crippen LogP contribution in [-0.4, -0.2) is 39.3 Å². The van der Waals surface area contributed by atoms with Crippen LogP contribution in [0.3, 0.4) is 0 Å². The van der Waals surface area contributed by atoms with E-state index >= 15 is 0 Å². The fourth-order valence-corrected chi connectivity index (χ4v) is 2.10. The summed E-state index contributed by atoms with van der Waals surface area (Å²) >= 11 is 0. The van der Waals surface area contributed by atoms with Gasteiger partial charge in [-0.3, -0.25) is 0 Å². The molecule has 2 heteroatoms. The summed E-state index contributed by atoms with van der Waals surface area (Å²) in [6.07, 6.45) is 4.43. The highest BCUT2D eigenvalue weighted by atomic mass is 16.5. The normalized spacial score (nSPS) is 12.7. The molecule has 0 saturated carbocycles. The van der Waals surface area contributed by atoms with E-state index in [4.69, 9.17) is 4.74 Å². The first kappa shape index (κ1) is 24.7.